The normalized spacial score (nSPS) is 14.9. The Labute approximate surface area is 146 Å². The van der Waals surface area contributed by atoms with Gasteiger partial charge in [-0.05, 0) is 25.1 Å². The maximum atomic E-state index is 13.1. The third kappa shape index (κ3) is 5.82. The van der Waals surface area contributed by atoms with Crippen molar-refractivity contribution in [2.75, 3.05) is 45.8 Å². The van der Waals surface area contributed by atoms with Gasteiger partial charge in [0.2, 0.25) is 11.8 Å². The van der Waals surface area contributed by atoms with Crippen molar-refractivity contribution in [2.45, 2.75) is 6.92 Å². The quantitative estimate of drug-likeness (QED) is 0.747. The second-order valence-corrected chi connectivity index (χ2v) is 5.80. The molecule has 1 saturated heterocycles. The summed E-state index contributed by atoms with van der Waals surface area (Å²) in [6.07, 6.45) is 0. The minimum Gasteiger partial charge on any atom is -0.355 e. The zero-order valence-electron chi connectivity index (χ0n) is 14.3. The number of hydrogen-bond acceptors (Lipinski definition) is 4. The molecule has 1 aromatic carbocycles. The number of nitrogens with one attached hydrogen (secondary N) is 2. The molecule has 1 aromatic rings. The average molecular weight is 350 g/mol. The summed E-state index contributed by atoms with van der Waals surface area (Å²) in [4.78, 5) is 39.3. The number of amides is 3. The summed E-state index contributed by atoms with van der Waals surface area (Å²) in [6, 6.07) is 5.31. The Morgan fingerprint density at radius 1 is 1.12 bits per heavy atom. The molecule has 0 atom stereocenters. The molecule has 136 valence electrons. The van der Waals surface area contributed by atoms with E-state index in [1.54, 1.807) is 4.90 Å². The Morgan fingerprint density at radius 2 is 1.84 bits per heavy atom. The number of carbonyl (C=O) groups is 3. The zero-order chi connectivity index (χ0) is 18.2. The molecule has 8 heteroatoms. The molecular formula is C17H23FN4O3. The molecule has 2 rings (SSSR count). The third-order valence-corrected chi connectivity index (χ3v) is 3.95. The van der Waals surface area contributed by atoms with Gasteiger partial charge in [-0.2, -0.15) is 0 Å². The predicted molar refractivity (Wildman–Crippen MR) is 90.4 cm³/mol. The third-order valence-electron chi connectivity index (χ3n) is 3.95. The first kappa shape index (κ1) is 18.9. The van der Waals surface area contributed by atoms with Gasteiger partial charge in [0.25, 0.3) is 5.91 Å². The van der Waals surface area contributed by atoms with Crippen LogP contribution in [0.5, 0.6) is 0 Å². The number of hydrogen-bond donors (Lipinski definition) is 2. The molecule has 1 fully saturated rings. The van der Waals surface area contributed by atoms with Crippen molar-refractivity contribution in [3.8, 4) is 0 Å². The standard InChI is InChI=1S/C17H23FN4O3/c1-2-19-15(23)12-21-6-8-22(9-7-21)16(24)11-20-17(25)13-4-3-5-14(18)10-13/h3-5,10H,2,6-9,11-12H2,1H3,(H,19,23)(H,20,25). The van der Waals surface area contributed by atoms with E-state index in [2.05, 4.69) is 10.6 Å². The molecule has 0 bridgehead atoms. The zero-order valence-corrected chi connectivity index (χ0v) is 14.3. The molecule has 1 heterocycles. The number of rotatable bonds is 6. The van der Waals surface area contributed by atoms with Crippen LogP contribution in [0, 0.1) is 5.82 Å². The minimum absolute atomic E-state index is 0.0235. The molecule has 2 N–H and O–H groups in total. The Morgan fingerprint density at radius 3 is 2.48 bits per heavy atom. The molecule has 0 spiro atoms. The lowest BCUT2D eigenvalue weighted by atomic mass is 10.2. The maximum absolute atomic E-state index is 13.1. The summed E-state index contributed by atoms with van der Waals surface area (Å²) in [5.74, 6) is -1.20. The fourth-order valence-corrected chi connectivity index (χ4v) is 2.61. The lowest BCUT2D eigenvalue weighted by Gasteiger charge is -2.34. The topological polar surface area (TPSA) is 81.8 Å². The molecule has 0 saturated carbocycles. The number of carbonyl (C=O) groups excluding carboxylic acids is 3. The highest BCUT2D eigenvalue weighted by atomic mass is 19.1. The molecule has 0 aliphatic carbocycles. The van der Waals surface area contributed by atoms with Gasteiger partial charge in [0, 0.05) is 38.3 Å². The summed E-state index contributed by atoms with van der Waals surface area (Å²) in [5.41, 5.74) is 0.180. The van der Waals surface area contributed by atoms with Crippen LogP contribution in [-0.2, 0) is 9.59 Å². The van der Waals surface area contributed by atoms with Crippen molar-refractivity contribution in [3.63, 3.8) is 0 Å². The van der Waals surface area contributed by atoms with Gasteiger partial charge in [-0.25, -0.2) is 4.39 Å². The van der Waals surface area contributed by atoms with Gasteiger partial charge in [0.05, 0.1) is 13.1 Å². The summed E-state index contributed by atoms with van der Waals surface area (Å²) in [7, 11) is 0. The van der Waals surface area contributed by atoms with Gasteiger partial charge in [0.15, 0.2) is 0 Å². The number of piperazine rings is 1. The van der Waals surface area contributed by atoms with Crippen LogP contribution in [0.2, 0.25) is 0 Å². The molecule has 0 radical (unpaired) electrons. The highest BCUT2D eigenvalue weighted by molar-refractivity contribution is 5.96. The monoisotopic (exact) mass is 350 g/mol. The molecule has 25 heavy (non-hydrogen) atoms. The first-order valence-corrected chi connectivity index (χ1v) is 8.30. The van der Waals surface area contributed by atoms with Crippen LogP contribution in [-0.4, -0.2) is 73.3 Å². The average Bonchev–Trinajstić information content (AvgIpc) is 2.60. The van der Waals surface area contributed by atoms with Crippen LogP contribution in [0.4, 0.5) is 4.39 Å². The predicted octanol–water partition coefficient (Wildman–Crippen LogP) is -0.164. The van der Waals surface area contributed by atoms with Crippen LogP contribution in [0.1, 0.15) is 17.3 Å². The second kappa shape index (κ2) is 9.12. The lowest BCUT2D eigenvalue weighted by molar-refractivity contribution is -0.132. The largest absolute Gasteiger partial charge is 0.355 e. The van der Waals surface area contributed by atoms with Crippen molar-refractivity contribution in [3.05, 3.63) is 35.6 Å². The molecule has 1 aliphatic rings. The number of nitrogens with zero attached hydrogens (tertiary/aromatic N) is 2. The van der Waals surface area contributed by atoms with E-state index in [1.807, 2.05) is 11.8 Å². The van der Waals surface area contributed by atoms with E-state index in [-0.39, 0.29) is 23.9 Å². The number of likely N-dealkylation sites (N-methyl/N-ethyl adjacent to an activating group) is 1. The Hall–Kier alpha value is -2.48. The second-order valence-electron chi connectivity index (χ2n) is 5.80. The molecule has 1 aliphatic heterocycles. The van der Waals surface area contributed by atoms with E-state index in [9.17, 15) is 18.8 Å². The summed E-state index contributed by atoms with van der Waals surface area (Å²) in [6.45, 7) is 4.90. The first-order chi connectivity index (χ1) is 12.0. The van der Waals surface area contributed by atoms with Crippen molar-refractivity contribution in [1.82, 2.24) is 20.4 Å². The van der Waals surface area contributed by atoms with Crippen molar-refractivity contribution in [1.29, 1.82) is 0 Å². The van der Waals surface area contributed by atoms with E-state index in [4.69, 9.17) is 0 Å². The van der Waals surface area contributed by atoms with Gasteiger partial charge in [-0.15, -0.1) is 0 Å². The molecule has 0 aromatic heterocycles. The maximum Gasteiger partial charge on any atom is 0.251 e. The first-order valence-electron chi connectivity index (χ1n) is 8.30. The minimum atomic E-state index is -0.498. The van der Waals surface area contributed by atoms with Gasteiger partial charge in [0.1, 0.15) is 5.82 Å². The van der Waals surface area contributed by atoms with Gasteiger partial charge < -0.3 is 15.5 Å². The van der Waals surface area contributed by atoms with E-state index >= 15 is 0 Å². The van der Waals surface area contributed by atoms with E-state index in [0.717, 1.165) is 6.07 Å². The highest BCUT2D eigenvalue weighted by Gasteiger charge is 2.22. The molecular weight excluding hydrogens is 327 g/mol. The van der Waals surface area contributed by atoms with E-state index in [0.29, 0.717) is 39.3 Å². The van der Waals surface area contributed by atoms with Crippen LogP contribution in [0.15, 0.2) is 24.3 Å². The van der Waals surface area contributed by atoms with Crippen LogP contribution >= 0.6 is 0 Å². The number of halogens is 1. The smallest absolute Gasteiger partial charge is 0.251 e. The Kier molecular flexibility index (Phi) is 6.88. The van der Waals surface area contributed by atoms with Crippen LogP contribution in [0.3, 0.4) is 0 Å². The van der Waals surface area contributed by atoms with Crippen molar-refractivity contribution >= 4 is 17.7 Å². The van der Waals surface area contributed by atoms with Crippen molar-refractivity contribution < 1.29 is 18.8 Å². The van der Waals surface area contributed by atoms with E-state index < -0.39 is 11.7 Å². The Bertz CT molecular complexity index is 630. The van der Waals surface area contributed by atoms with Gasteiger partial charge >= 0.3 is 0 Å². The Balaban J connectivity index is 1.73. The van der Waals surface area contributed by atoms with Crippen molar-refractivity contribution in [2.24, 2.45) is 0 Å². The van der Waals surface area contributed by atoms with Gasteiger partial charge in [-0.1, -0.05) is 6.07 Å². The molecule has 7 nitrogen and oxygen atoms in total. The van der Waals surface area contributed by atoms with E-state index in [1.165, 1.54) is 18.2 Å². The number of benzene rings is 1. The highest BCUT2D eigenvalue weighted by Crippen LogP contribution is 2.04. The summed E-state index contributed by atoms with van der Waals surface area (Å²) in [5, 5.41) is 5.25. The summed E-state index contributed by atoms with van der Waals surface area (Å²) >= 11 is 0. The molecule has 0 unspecified atom stereocenters. The van der Waals surface area contributed by atoms with Crippen LogP contribution < -0.4 is 10.6 Å². The lowest BCUT2D eigenvalue weighted by Crippen LogP contribution is -2.52. The molecule has 3 amide bonds. The SMILES string of the molecule is CCNC(=O)CN1CCN(C(=O)CNC(=O)c2cccc(F)c2)CC1. The fourth-order valence-electron chi connectivity index (χ4n) is 2.61. The summed E-state index contributed by atoms with van der Waals surface area (Å²) < 4.78 is 13.1. The van der Waals surface area contributed by atoms with Gasteiger partial charge in [-0.3, -0.25) is 19.3 Å². The fraction of sp³-hybridized carbons (Fsp3) is 0.471. The van der Waals surface area contributed by atoms with Crippen LogP contribution in [0.25, 0.3) is 0 Å².